The van der Waals surface area contributed by atoms with Crippen molar-refractivity contribution in [3.63, 3.8) is 0 Å². The second-order valence-electron chi connectivity index (χ2n) is 7.81. The Morgan fingerprint density at radius 1 is 0.971 bits per heavy atom. The summed E-state index contributed by atoms with van der Waals surface area (Å²) in [6.45, 7) is 3.38. The van der Waals surface area contributed by atoms with Crippen LogP contribution < -0.4 is 19.5 Å². The smallest absolute Gasteiger partial charge is 0.248 e. The van der Waals surface area contributed by atoms with Crippen LogP contribution in [0.5, 0.6) is 17.2 Å². The van der Waals surface area contributed by atoms with Crippen molar-refractivity contribution in [3.8, 4) is 17.2 Å². The summed E-state index contributed by atoms with van der Waals surface area (Å²) in [7, 11) is 0. The first-order chi connectivity index (χ1) is 17.1. The number of benzene rings is 3. The molecule has 0 bridgehead atoms. The van der Waals surface area contributed by atoms with Gasteiger partial charge in [-0.1, -0.05) is 24.3 Å². The number of rotatable bonds is 7. The van der Waals surface area contributed by atoms with Crippen molar-refractivity contribution < 1.29 is 28.2 Å². The summed E-state index contributed by atoms with van der Waals surface area (Å²) >= 11 is 0. The Kier molecular flexibility index (Phi) is 6.22. The Labute approximate surface area is 201 Å². The molecule has 2 heterocycles. The summed E-state index contributed by atoms with van der Waals surface area (Å²) in [5, 5.41) is 3.46. The van der Waals surface area contributed by atoms with E-state index in [1.165, 1.54) is 6.08 Å². The number of carbonyl (C=O) groups is 2. The van der Waals surface area contributed by atoms with Crippen molar-refractivity contribution in [1.82, 2.24) is 0 Å². The fraction of sp³-hybridized carbons (Fsp3) is 0.143. The van der Waals surface area contributed by atoms with Crippen molar-refractivity contribution in [2.75, 3.05) is 25.1 Å². The third kappa shape index (κ3) is 4.75. The molecule has 0 aliphatic carbocycles. The highest BCUT2D eigenvalue weighted by Crippen LogP contribution is 2.35. The maximum atomic E-state index is 13.4. The monoisotopic (exact) mass is 469 g/mol. The van der Waals surface area contributed by atoms with Gasteiger partial charge in [0.05, 0.1) is 12.3 Å². The molecule has 0 fully saturated rings. The van der Waals surface area contributed by atoms with Crippen LogP contribution in [-0.2, 0) is 4.79 Å². The molecule has 5 rings (SSSR count). The van der Waals surface area contributed by atoms with Gasteiger partial charge in [0.2, 0.25) is 11.7 Å². The van der Waals surface area contributed by atoms with Gasteiger partial charge in [-0.15, -0.1) is 0 Å². The number of hydrogen-bond donors (Lipinski definition) is 1. The molecule has 1 amide bonds. The normalized spacial score (nSPS) is 12.6. The van der Waals surface area contributed by atoms with Crippen molar-refractivity contribution >= 4 is 34.4 Å². The fourth-order valence-electron chi connectivity index (χ4n) is 3.82. The Morgan fingerprint density at radius 2 is 1.74 bits per heavy atom. The van der Waals surface area contributed by atoms with Gasteiger partial charge in [0.25, 0.3) is 0 Å². The standard InChI is InChI=1S/C28H23NO6/c1-2-32-20-11-7-18(8-12-20)9-14-25(30)29-26-21-5-3-4-6-22(21)35-28(26)27(31)19-10-13-23-24(17-19)34-16-15-33-23/h3-14,17H,2,15-16H2,1H3,(H,29,30)/b14-9+. The van der Waals surface area contributed by atoms with E-state index < -0.39 is 0 Å². The molecule has 0 radical (unpaired) electrons. The first-order valence-electron chi connectivity index (χ1n) is 11.3. The number of fused-ring (bicyclic) bond motifs is 2. The molecule has 4 aromatic rings. The van der Waals surface area contributed by atoms with Crippen molar-refractivity contribution in [3.05, 3.63) is 89.7 Å². The molecule has 35 heavy (non-hydrogen) atoms. The minimum absolute atomic E-state index is 0.0469. The van der Waals surface area contributed by atoms with Gasteiger partial charge in [-0.3, -0.25) is 9.59 Å². The van der Waals surface area contributed by atoms with Gasteiger partial charge in [0, 0.05) is 17.0 Å². The average Bonchev–Trinajstić information content (AvgIpc) is 3.26. The molecule has 7 heteroatoms. The highest BCUT2D eigenvalue weighted by Gasteiger charge is 2.24. The third-order valence-corrected chi connectivity index (χ3v) is 5.47. The van der Waals surface area contributed by atoms with Crippen LogP contribution in [-0.4, -0.2) is 31.5 Å². The molecule has 0 atom stereocenters. The number of ether oxygens (including phenoxy) is 3. The van der Waals surface area contributed by atoms with Gasteiger partial charge in [0.1, 0.15) is 24.5 Å². The molecule has 0 saturated carbocycles. The molecular weight excluding hydrogens is 446 g/mol. The number of ketones is 1. The van der Waals surface area contributed by atoms with E-state index in [9.17, 15) is 9.59 Å². The lowest BCUT2D eigenvalue weighted by Crippen LogP contribution is -2.16. The Balaban J connectivity index is 1.42. The van der Waals surface area contributed by atoms with E-state index >= 15 is 0 Å². The first kappa shape index (κ1) is 22.3. The molecule has 3 aromatic carbocycles. The number of carbonyl (C=O) groups excluding carboxylic acids is 2. The molecule has 1 aromatic heterocycles. The summed E-state index contributed by atoms with van der Waals surface area (Å²) in [6, 6.07) is 19.6. The zero-order chi connectivity index (χ0) is 24.2. The molecular formula is C28H23NO6. The first-order valence-corrected chi connectivity index (χ1v) is 11.3. The molecule has 1 aliphatic heterocycles. The number of para-hydroxylation sites is 1. The quantitative estimate of drug-likeness (QED) is 0.285. The maximum absolute atomic E-state index is 13.4. The van der Waals surface area contributed by atoms with Gasteiger partial charge in [-0.2, -0.15) is 0 Å². The number of nitrogens with one attached hydrogen (secondary N) is 1. The van der Waals surface area contributed by atoms with Crippen LogP contribution in [0.15, 0.2) is 77.2 Å². The summed E-state index contributed by atoms with van der Waals surface area (Å²) in [5.74, 6) is 1.14. The molecule has 1 aliphatic rings. The van der Waals surface area contributed by atoms with E-state index in [-0.39, 0.29) is 17.5 Å². The zero-order valence-electron chi connectivity index (χ0n) is 19.1. The molecule has 1 N–H and O–H groups in total. The molecule has 176 valence electrons. The fourth-order valence-corrected chi connectivity index (χ4v) is 3.82. The van der Waals surface area contributed by atoms with Gasteiger partial charge < -0.3 is 23.9 Å². The molecule has 7 nitrogen and oxygen atoms in total. The van der Waals surface area contributed by atoms with Gasteiger partial charge in [0.15, 0.2) is 17.3 Å². The van der Waals surface area contributed by atoms with Gasteiger partial charge >= 0.3 is 0 Å². The number of furan rings is 1. The van der Waals surface area contributed by atoms with Crippen LogP contribution in [0.2, 0.25) is 0 Å². The summed E-state index contributed by atoms with van der Waals surface area (Å²) in [5.41, 5.74) is 2.03. The van der Waals surface area contributed by atoms with Gasteiger partial charge in [-0.05, 0) is 61.0 Å². The lowest BCUT2D eigenvalue weighted by Gasteiger charge is -2.18. The minimum Gasteiger partial charge on any atom is -0.494 e. The van der Waals surface area contributed by atoms with Crippen molar-refractivity contribution in [2.24, 2.45) is 0 Å². The lowest BCUT2D eigenvalue weighted by atomic mass is 10.1. The van der Waals surface area contributed by atoms with E-state index in [1.807, 2.05) is 43.3 Å². The van der Waals surface area contributed by atoms with Gasteiger partial charge in [-0.25, -0.2) is 0 Å². The summed E-state index contributed by atoms with van der Waals surface area (Å²) in [6.07, 6.45) is 3.10. The predicted octanol–water partition coefficient (Wildman–Crippen LogP) is 5.49. The maximum Gasteiger partial charge on any atom is 0.248 e. The second kappa shape index (κ2) is 9.77. The third-order valence-electron chi connectivity index (χ3n) is 5.47. The van der Waals surface area contributed by atoms with Crippen LogP contribution in [0.25, 0.3) is 17.0 Å². The number of hydrogen-bond acceptors (Lipinski definition) is 6. The molecule has 0 spiro atoms. The zero-order valence-corrected chi connectivity index (χ0v) is 19.1. The van der Waals surface area contributed by atoms with Crippen LogP contribution in [0.4, 0.5) is 5.69 Å². The van der Waals surface area contributed by atoms with E-state index in [4.69, 9.17) is 18.6 Å². The largest absolute Gasteiger partial charge is 0.494 e. The average molecular weight is 469 g/mol. The van der Waals surface area contributed by atoms with E-state index in [1.54, 1.807) is 36.4 Å². The summed E-state index contributed by atoms with van der Waals surface area (Å²) < 4.78 is 22.5. The SMILES string of the molecule is CCOc1ccc(/C=C/C(=O)Nc2c(C(=O)c3ccc4c(c3)OCCO4)oc3ccccc23)cc1. The lowest BCUT2D eigenvalue weighted by molar-refractivity contribution is -0.111. The summed E-state index contributed by atoms with van der Waals surface area (Å²) in [4.78, 5) is 26.2. The van der Waals surface area contributed by atoms with Crippen LogP contribution >= 0.6 is 0 Å². The van der Waals surface area contributed by atoms with Crippen molar-refractivity contribution in [2.45, 2.75) is 6.92 Å². The van der Waals surface area contributed by atoms with E-state index in [0.717, 1.165) is 11.3 Å². The highest BCUT2D eigenvalue weighted by atomic mass is 16.6. The molecule has 0 unspecified atom stereocenters. The number of anilines is 1. The minimum atomic E-state index is -0.387. The van der Waals surface area contributed by atoms with E-state index in [0.29, 0.717) is 53.5 Å². The Bertz CT molecular complexity index is 1420. The topological polar surface area (TPSA) is 87.0 Å². The van der Waals surface area contributed by atoms with Crippen molar-refractivity contribution in [1.29, 1.82) is 0 Å². The van der Waals surface area contributed by atoms with Crippen LogP contribution in [0.1, 0.15) is 28.6 Å². The van der Waals surface area contributed by atoms with Crippen LogP contribution in [0.3, 0.4) is 0 Å². The predicted molar refractivity (Wildman–Crippen MR) is 132 cm³/mol. The molecule has 0 saturated heterocycles. The van der Waals surface area contributed by atoms with Crippen LogP contribution in [0, 0.1) is 0 Å². The van der Waals surface area contributed by atoms with E-state index in [2.05, 4.69) is 5.32 Å². The Morgan fingerprint density at radius 3 is 2.54 bits per heavy atom. The second-order valence-corrected chi connectivity index (χ2v) is 7.81. The highest BCUT2D eigenvalue weighted by molar-refractivity contribution is 6.18. The number of amides is 1. The Hall–Kier alpha value is -4.52.